The van der Waals surface area contributed by atoms with E-state index in [1.54, 1.807) is 0 Å². The minimum absolute atomic E-state index is 0.425. The highest BCUT2D eigenvalue weighted by Crippen LogP contribution is 2.22. The van der Waals surface area contributed by atoms with E-state index in [9.17, 15) is 0 Å². The van der Waals surface area contributed by atoms with Crippen molar-refractivity contribution < 1.29 is 4.74 Å². The Kier molecular flexibility index (Phi) is 5.40. The zero-order chi connectivity index (χ0) is 13.7. The number of anilines is 1. The lowest BCUT2D eigenvalue weighted by atomic mass is 10.0. The van der Waals surface area contributed by atoms with E-state index in [1.165, 1.54) is 19.3 Å². The third-order valence-corrected chi connectivity index (χ3v) is 3.70. The normalized spacial score (nSPS) is 20.4. The minimum Gasteiger partial charge on any atom is -0.374 e. The number of hydrogen-bond donors (Lipinski definition) is 0. The molecule has 106 valence electrons. The standard InChI is InChI=1S/C14H22ClN3O/c1-3-19-10-13-16-12(15)9-14(17-13)18-7-4-5-11(2)6-8-18/h9,11H,3-8,10H2,1-2H3. The summed E-state index contributed by atoms with van der Waals surface area (Å²) in [5.41, 5.74) is 0. The van der Waals surface area contributed by atoms with Crippen molar-refractivity contribution in [1.29, 1.82) is 0 Å². The molecule has 1 fully saturated rings. The van der Waals surface area contributed by atoms with Crippen molar-refractivity contribution in [3.05, 3.63) is 17.0 Å². The summed E-state index contributed by atoms with van der Waals surface area (Å²) in [5, 5.41) is 0.497. The van der Waals surface area contributed by atoms with E-state index in [1.807, 2.05) is 13.0 Å². The zero-order valence-electron chi connectivity index (χ0n) is 11.7. The van der Waals surface area contributed by atoms with Crippen molar-refractivity contribution in [1.82, 2.24) is 9.97 Å². The minimum atomic E-state index is 0.425. The fraction of sp³-hybridized carbons (Fsp3) is 0.714. The van der Waals surface area contributed by atoms with Crippen LogP contribution in [0.15, 0.2) is 6.07 Å². The van der Waals surface area contributed by atoms with Gasteiger partial charge in [-0.25, -0.2) is 9.97 Å². The number of hydrogen-bond acceptors (Lipinski definition) is 4. The molecule has 1 aromatic rings. The Morgan fingerprint density at radius 1 is 1.37 bits per heavy atom. The van der Waals surface area contributed by atoms with Gasteiger partial charge in [-0.15, -0.1) is 0 Å². The van der Waals surface area contributed by atoms with Crippen molar-refractivity contribution >= 4 is 17.4 Å². The third kappa shape index (κ3) is 4.32. The van der Waals surface area contributed by atoms with Crippen molar-refractivity contribution in [2.75, 3.05) is 24.6 Å². The smallest absolute Gasteiger partial charge is 0.158 e. The number of rotatable bonds is 4. The van der Waals surface area contributed by atoms with E-state index in [4.69, 9.17) is 16.3 Å². The molecule has 0 spiro atoms. The number of nitrogens with zero attached hydrogens (tertiary/aromatic N) is 3. The molecular formula is C14H22ClN3O. The summed E-state index contributed by atoms with van der Waals surface area (Å²) in [4.78, 5) is 11.1. The fourth-order valence-electron chi connectivity index (χ4n) is 2.36. The van der Waals surface area contributed by atoms with Crippen molar-refractivity contribution in [3.8, 4) is 0 Å². The Balaban J connectivity index is 2.11. The molecule has 1 aliphatic rings. The Labute approximate surface area is 120 Å². The van der Waals surface area contributed by atoms with Gasteiger partial charge < -0.3 is 9.64 Å². The zero-order valence-corrected chi connectivity index (χ0v) is 12.5. The first-order valence-corrected chi connectivity index (χ1v) is 7.43. The summed E-state index contributed by atoms with van der Waals surface area (Å²) in [6, 6.07) is 1.85. The summed E-state index contributed by atoms with van der Waals surface area (Å²) in [6.45, 7) is 7.45. The summed E-state index contributed by atoms with van der Waals surface area (Å²) < 4.78 is 5.36. The predicted molar refractivity (Wildman–Crippen MR) is 77.6 cm³/mol. The lowest BCUT2D eigenvalue weighted by Crippen LogP contribution is -2.25. The topological polar surface area (TPSA) is 38.2 Å². The van der Waals surface area contributed by atoms with Gasteiger partial charge >= 0.3 is 0 Å². The lowest BCUT2D eigenvalue weighted by molar-refractivity contribution is 0.128. The highest BCUT2D eigenvalue weighted by molar-refractivity contribution is 6.29. The van der Waals surface area contributed by atoms with Gasteiger partial charge in [0.2, 0.25) is 0 Å². The average molecular weight is 284 g/mol. The van der Waals surface area contributed by atoms with Gasteiger partial charge in [0.05, 0.1) is 0 Å². The first kappa shape index (κ1) is 14.5. The second-order valence-corrected chi connectivity index (χ2v) is 5.51. The third-order valence-electron chi connectivity index (χ3n) is 3.50. The predicted octanol–water partition coefficient (Wildman–Crippen LogP) is 3.29. The molecule has 2 rings (SSSR count). The Bertz CT molecular complexity index is 414. The van der Waals surface area contributed by atoms with Crippen LogP contribution in [0.4, 0.5) is 5.82 Å². The molecule has 19 heavy (non-hydrogen) atoms. The molecule has 5 heteroatoms. The van der Waals surface area contributed by atoms with Crippen LogP contribution >= 0.6 is 11.6 Å². The summed E-state index contributed by atoms with van der Waals surface area (Å²) in [7, 11) is 0. The van der Waals surface area contributed by atoms with Gasteiger partial charge in [0.15, 0.2) is 5.82 Å². The van der Waals surface area contributed by atoms with Crippen LogP contribution in [0.5, 0.6) is 0 Å². The largest absolute Gasteiger partial charge is 0.374 e. The van der Waals surface area contributed by atoms with E-state index in [2.05, 4.69) is 21.8 Å². The molecule has 0 N–H and O–H groups in total. The van der Waals surface area contributed by atoms with Crippen LogP contribution in [0, 0.1) is 5.92 Å². The van der Waals surface area contributed by atoms with E-state index >= 15 is 0 Å². The van der Waals surface area contributed by atoms with Gasteiger partial charge in [-0.05, 0) is 32.1 Å². The van der Waals surface area contributed by atoms with Crippen LogP contribution in [0.25, 0.3) is 0 Å². The average Bonchev–Trinajstić information content (AvgIpc) is 2.60. The van der Waals surface area contributed by atoms with Crippen LogP contribution in [-0.4, -0.2) is 29.7 Å². The quantitative estimate of drug-likeness (QED) is 0.795. The van der Waals surface area contributed by atoms with Crippen LogP contribution in [0.1, 0.15) is 38.9 Å². The van der Waals surface area contributed by atoms with Crippen LogP contribution in [0.2, 0.25) is 5.15 Å². The highest BCUT2D eigenvalue weighted by atomic mass is 35.5. The number of aromatic nitrogens is 2. The molecule has 1 atom stereocenters. The lowest BCUT2D eigenvalue weighted by Gasteiger charge is -2.22. The molecule has 0 bridgehead atoms. The van der Waals surface area contributed by atoms with Crippen molar-refractivity contribution in [2.24, 2.45) is 5.92 Å². The molecule has 0 aromatic carbocycles. The second-order valence-electron chi connectivity index (χ2n) is 5.13. The van der Waals surface area contributed by atoms with E-state index in [0.717, 1.165) is 24.8 Å². The first-order valence-electron chi connectivity index (χ1n) is 7.05. The Morgan fingerprint density at radius 3 is 3.00 bits per heavy atom. The Hall–Kier alpha value is -0.870. The van der Waals surface area contributed by atoms with Crippen molar-refractivity contribution in [3.63, 3.8) is 0 Å². The van der Waals surface area contributed by atoms with Crippen molar-refractivity contribution in [2.45, 2.75) is 39.7 Å². The molecule has 1 aromatic heterocycles. The van der Waals surface area contributed by atoms with E-state index in [0.29, 0.717) is 24.2 Å². The number of ether oxygens (including phenoxy) is 1. The molecule has 0 amide bonds. The van der Waals surface area contributed by atoms with Crippen LogP contribution in [0.3, 0.4) is 0 Å². The molecular weight excluding hydrogens is 262 g/mol. The monoisotopic (exact) mass is 283 g/mol. The van der Waals surface area contributed by atoms with E-state index < -0.39 is 0 Å². The summed E-state index contributed by atoms with van der Waals surface area (Å²) in [5.74, 6) is 2.40. The molecule has 2 heterocycles. The van der Waals surface area contributed by atoms with E-state index in [-0.39, 0.29) is 0 Å². The molecule has 1 aliphatic heterocycles. The van der Waals surface area contributed by atoms with Gasteiger partial charge in [0.1, 0.15) is 17.6 Å². The van der Waals surface area contributed by atoms with Crippen LogP contribution in [-0.2, 0) is 11.3 Å². The number of halogens is 1. The second kappa shape index (κ2) is 7.06. The van der Waals surface area contributed by atoms with Gasteiger partial charge in [-0.2, -0.15) is 0 Å². The Morgan fingerprint density at radius 2 is 2.21 bits per heavy atom. The molecule has 4 nitrogen and oxygen atoms in total. The first-order chi connectivity index (χ1) is 9.19. The SMILES string of the molecule is CCOCc1nc(Cl)cc(N2CCCC(C)CC2)n1. The van der Waals surface area contributed by atoms with Crippen LogP contribution < -0.4 is 4.90 Å². The maximum Gasteiger partial charge on any atom is 0.158 e. The maximum atomic E-state index is 6.08. The summed E-state index contributed by atoms with van der Waals surface area (Å²) >= 11 is 6.08. The van der Waals surface area contributed by atoms with Gasteiger partial charge in [-0.1, -0.05) is 18.5 Å². The fourth-order valence-corrected chi connectivity index (χ4v) is 2.56. The van der Waals surface area contributed by atoms with Gasteiger partial charge in [-0.3, -0.25) is 0 Å². The van der Waals surface area contributed by atoms with Gasteiger partial charge in [0.25, 0.3) is 0 Å². The highest BCUT2D eigenvalue weighted by Gasteiger charge is 2.16. The molecule has 0 saturated carbocycles. The van der Waals surface area contributed by atoms with Gasteiger partial charge in [0, 0.05) is 25.8 Å². The molecule has 1 saturated heterocycles. The maximum absolute atomic E-state index is 6.08. The molecule has 0 aliphatic carbocycles. The summed E-state index contributed by atoms with van der Waals surface area (Å²) in [6.07, 6.45) is 3.72. The molecule has 0 radical (unpaired) electrons. The molecule has 1 unspecified atom stereocenters.